The summed E-state index contributed by atoms with van der Waals surface area (Å²) in [7, 11) is 0. The topological polar surface area (TPSA) is 62.2 Å². The molecule has 0 spiro atoms. The number of hydrogen-bond donors (Lipinski definition) is 2. The second-order valence-electron chi connectivity index (χ2n) is 7.14. The van der Waals surface area contributed by atoms with Crippen LogP contribution < -0.4 is 5.32 Å². The van der Waals surface area contributed by atoms with Crippen molar-refractivity contribution in [2.24, 2.45) is 0 Å². The molecule has 5 nitrogen and oxygen atoms in total. The van der Waals surface area contributed by atoms with E-state index in [1.807, 2.05) is 90.4 Å². The summed E-state index contributed by atoms with van der Waals surface area (Å²) >= 11 is 0. The molecule has 2 N–H and O–H groups in total. The van der Waals surface area contributed by atoms with E-state index in [0.29, 0.717) is 5.82 Å². The zero-order valence-corrected chi connectivity index (χ0v) is 16.0. The number of carbonyl (C=O) groups is 1. The minimum atomic E-state index is -0.0739. The van der Waals surface area contributed by atoms with Crippen molar-refractivity contribution in [3.8, 4) is 11.3 Å². The minimum absolute atomic E-state index is 0.0739. The molecule has 0 unspecified atom stereocenters. The molecule has 0 bridgehead atoms. The highest BCUT2D eigenvalue weighted by Crippen LogP contribution is 2.30. The lowest BCUT2D eigenvalue weighted by Crippen LogP contribution is -2.16. The third kappa shape index (κ3) is 3.06. The lowest BCUT2D eigenvalue weighted by Gasteiger charge is -2.08. The molecule has 0 aliphatic rings. The summed E-state index contributed by atoms with van der Waals surface area (Å²) in [6, 6.07) is 21.9. The van der Waals surface area contributed by atoms with E-state index < -0.39 is 0 Å². The summed E-state index contributed by atoms with van der Waals surface area (Å²) in [5.41, 5.74) is 5.65. The van der Waals surface area contributed by atoms with Gasteiger partial charge in [0.1, 0.15) is 17.2 Å². The van der Waals surface area contributed by atoms with Crippen LogP contribution in [-0.2, 0) is 11.2 Å². The van der Waals surface area contributed by atoms with Gasteiger partial charge in [0, 0.05) is 28.9 Å². The highest BCUT2D eigenvalue weighted by molar-refractivity contribution is 5.98. The van der Waals surface area contributed by atoms with Gasteiger partial charge in [-0.15, -0.1) is 0 Å². The van der Waals surface area contributed by atoms with Crippen LogP contribution in [0.4, 0.5) is 5.82 Å². The molecule has 5 aromatic rings. The fourth-order valence-electron chi connectivity index (χ4n) is 3.75. The Morgan fingerprint density at radius 2 is 1.83 bits per heavy atom. The lowest BCUT2D eigenvalue weighted by atomic mass is 10.1. The molecule has 0 saturated carbocycles. The quantitative estimate of drug-likeness (QED) is 0.462. The molecule has 1 amide bonds. The second kappa shape index (κ2) is 6.95. The van der Waals surface area contributed by atoms with Crippen LogP contribution in [-0.4, -0.2) is 20.3 Å². The van der Waals surface area contributed by atoms with Crippen LogP contribution in [0.15, 0.2) is 79.1 Å². The number of amides is 1. The third-order valence-electron chi connectivity index (χ3n) is 5.18. The average Bonchev–Trinajstić information content (AvgIpc) is 3.32. The zero-order valence-electron chi connectivity index (χ0n) is 16.0. The predicted molar refractivity (Wildman–Crippen MR) is 116 cm³/mol. The van der Waals surface area contributed by atoms with Crippen molar-refractivity contribution < 1.29 is 4.79 Å². The summed E-state index contributed by atoms with van der Waals surface area (Å²) in [5, 5.41) is 4.18. The largest absolute Gasteiger partial charge is 0.361 e. The Labute approximate surface area is 168 Å². The van der Waals surface area contributed by atoms with E-state index in [2.05, 4.69) is 10.3 Å². The minimum Gasteiger partial charge on any atom is -0.361 e. The summed E-state index contributed by atoms with van der Waals surface area (Å²) < 4.78 is 1.95. The van der Waals surface area contributed by atoms with Gasteiger partial charge in [-0.05, 0) is 30.2 Å². The van der Waals surface area contributed by atoms with Crippen LogP contribution in [0.2, 0.25) is 0 Å². The molecule has 5 heteroatoms. The normalized spacial score (nSPS) is 11.2. The maximum absolute atomic E-state index is 13.0. The molecule has 0 saturated heterocycles. The molecule has 0 aliphatic heterocycles. The van der Waals surface area contributed by atoms with Crippen molar-refractivity contribution in [1.29, 1.82) is 0 Å². The van der Waals surface area contributed by atoms with Gasteiger partial charge in [-0.25, -0.2) is 4.98 Å². The maximum Gasteiger partial charge on any atom is 0.230 e. The molecule has 3 heterocycles. The van der Waals surface area contributed by atoms with E-state index in [9.17, 15) is 4.79 Å². The van der Waals surface area contributed by atoms with Crippen molar-refractivity contribution >= 4 is 28.3 Å². The summed E-state index contributed by atoms with van der Waals surface area (Å²) in [5.74, 6) is 0.620. The van der Waals surface area contributed by atoms with Gasteiger partial charge in [-0.3, -0.25) is 9.20 Å². The highest BCUT2D eigenvalue weighted by atomic mass is 16.1. The number of aromatic nitrogens is 3. The first-order chi connectivity index (χ1) is 14.2. The summed E-state index contributed by atoms with van der Waals surface area (Å²) in [6.45, 7) is 2.02. The Hall–Kier alpha value is -3.86. The zero-order chi connectivity index (χ0) is 19.8. The highest BCUT2D eigenvalue weighted by Gasteiger charge is 2.18. The molecule has 0 atom stereocenters. The van der Waals surface area contributed by atoms with Crippen molar-refractivity contribution in [3.63, 3.8) is 0 Å². The van der Waals surface area contributed by atoms with E-state index in [1.165, 1.54) is 0 Å². The van der Waals surface area contributed by atoms with Crippen molar-refractivity contribution in [3.05, 3.63) is 90.3 Å². The van der Waals surface area contributed by atoms with Crippen molar-refractivity contribution in [2.75, 3.05) is 5.32 Å². The number of nitrogens with zero attached hydrogens (tertiary/aromatic N) is 2. The summed E-state index contributed by atoms with van der Waals surface area (Å²) in [6.07, 6.45) is 4.13. The Morgan fingerprint density at radius 1 is 1.03 bits per heavy atom. The van der Waals surface area contributed by atoms with Crippen molar-refractivity contribution in [1.82, 2.24) is 14.4 Å². The molecular weight excluding hydrogens is 360 g/mol. The van der Waals surface area contributed by atoms with Gasteiger partial charge in [-0.2, -0.15) is 0 Å². The van der Waals surface area contributed by atoms with E-state index in [-0.39, 0.29) is 12.3 Å². The van der Waals surface area contributed by atoms with Gasteiger partial charge >= 0.3 is 0 Å². The number of hydrogen-bond acceptors (Lipinski definition) is 2. The molecule has 29 heavy (non-hydrogen) atoms. The number of carbonyl (C=O) groups excluding carboxylic acids is 1. The first-order valence-corrected chi connectivity index (χ1v) is 9.58. The third-order valence-corrected chi connectivity index (χ3v) is 5.18. The van der Waals surface area contributed by atoms with Gasteiger partial charge in [0.2, 0.25) is 5.91 Å². The second-order valence-corrected chi connectivity index (χ2v) is 7.14. The molecule has 142 valence electrons. The van der Waals surface area contributed by atoms with E-state index in [1.54, 1.807) is 0 Å². The van der Waals surface area contributed by atoms with Crippen LogP contribution in [0.5, 0.6) is 0 Å². The fraction of sp³-hybridized carbons (Fsp3) is 0.0833. The maximum atomic E-state index is 13.0. The predicted octanol–water partition coefficient (Wildman–Crippen LogP) is 4.97. The number of benzene rings is 2. The number of anilines is 1. The number of pyridine rings is 1. The first-order valence-electron chi connectivity index (χ1n) is 9.58. The molecule has 2 aromatic carbocycles. The average molecular weight is 380 g/mol. The van der Waals surface area contributed by atoms with E-state index in [0.717, 1.165) is 38.9 Å². The van der Waals surface area contributed by atoms with Crippen LogP contribution >= 0.6 is 0 Å². The number of nitrogens with one attached hydrogen (secondary N) is 2. The van der Waals surface area contributed by atoms with Crippen LogP contribution in [0.25, 0.3) is 27.8 Å². The number of H-pyrrole nitrogens is 1. The molecule has 5 rings (SSSR count). The molecule has 0 radical (unpaired) electrons. The van der Waals surface area contributed by atoms with Crippen LogP contribution in [0.3, 0.4) is 0 Å². The number of fused-ring (bicyclic) bond motifs is 2. The fourth-order valence-corrected chi connectivity index (χ4v) is 3.75. The Bertz CT molecular complexity index is 1330. The number of imidazole rings is 1. The standard InChI is InChI=1S/C24H20N4O/c1-16-8-7-13-28-23(16)27-22(17-9-3-2-4-10-17)24(28)26-21(29)14-18-15-25-20-12-6-5-11-19(18)20/h2-13,15,25H,14H2,1H3,(H,26,29). The first kappa shape index (κ1) is 17.3. The lowest BCUT2D eigenvalue weighted by molar-refractivity contribution is -0.115. The van der Waals surface area contributed by atoms with E-state index in [4.69, 9.17) is 4.98 Å². The molecule has 3 aromatic heterocycles. The number of aryl methyl sites for hydroxylation is 1. The number of para-hydroxylation sites is 1. The van der Waals surface area contributed by atoms with Crippen LogP contribution in [0.1, 0.15) is 11.1 Å². The van der Waals surface area contributed by atoms with E-state index >= 15 is 0 Å². The Balaban J connectivity index is 1.54. The molecular formula is C24H20N4O. The molecule has 0 fully saturated rings. The Kier molecular flexibility index (Phi) is 4.13. The van der Waals surface area contributed by atoms with Gasteiger partial charge in [0.25, 0.3) is 0 Å². The summed E-state index contributed by atoms with van der Waals surface area (Å²) in [4.78, 5) is 21.0. The monoisotopic (exact) mass is 380 g/mol. The van der Waals surface area contributed by atoms with Gasteiger partial charge < -0.3 is 10.3 Å². The Morgan fingerprint density at radius 3 is 2.69 bits per heavy atom. The van der Waals surface area contributed by atoms with Crippen LogP contribution in [0, 0.1) is 6.92 Å². The number of rotatable bonds is 4. The SMILES string of the molecule is Cc1cccn2c(NC(=O)Cc3c[nH]c4ccccc34)c(-c3ccccc3)nc12. The molecule has 0 aliphatic carbocycles. The van der Waals surface area contributed by atoms with Gasteiger partial charge in [0.05, 0.1) is 6.42 Å². The van der Waals surface area contributed by atoms with Crippen molar-refractivity contribution in [2.45, 2.75) is 13.3 Å². The van der Waals surface area contributed by atoms with Gasteiger partial charge in [0.15, 0.2) is 0 Å². The smallest absolute Gasteiger partial charge is 0.230 e. The van der Waals surface area contributed by atoms with Gasteiger partial charge in [-0.1, -0.05) is 54.6 Å². The number of aromatic amines is 1.